The van der Waals surface area contributed by atoms with E-state index in [1.807, 2.05) is 14.0 Å². The summed E-state index contributed by atoms with van der Waals surface area (Å²) in [6.07, 6.45) is 4.30. The van der Waals surface area contributed by atoms with E-state index in [4.69, 9.17) is 0 Å². The van der Waals surface area contributed by atoms with Crippen molar-refractivity contribution in [2.24, 2.45) is 0 Å². The molecule has 1 aromatic rings. The topological polar surface area (TPSA) is 32.3 Å². The molecule has 2 rings (SSSR count). The molecule has 0 aliphatic heterocycles. The van der Waals surface area contributed by atoms with Crippen molar-refractivity contribution in [3.8, 4) is 0 Å². The van der Waals surface area contributed by atoms with E-state index in [1.54, 1.807) is 0 Å². The number of aliphatic hydroxyl groups excluding tert-OH is 1. The number of aliphatic hydroxyl groups is 1. The van der Waals surface area contributed by atoms with E-state index < -0.39 is 0 Å². The van der Waals surface area contributed by atoms with Gasteiger partial charge in [-0.15, -0.1) is 0 Å². The molecule has 1 aliphatic rings. The van der Waals surface area contributed by atoms with Crippen molar-refractivity contribution in [1.29, 1.82) is 0 Å². The summed E-state index contributed by atoms with van der Waals surface area (Å²) in [5.41, 5.74) is 4.86. The minimum atomic E-state index is 0.431. The Kier molecular flexibility index (Phi) is 3.18. The van der Waals surface area contributed by atoms with Crippen LogP contribution < -0.4 is 5.32 Å². The normalized spacial score (nSPS) is 15.6. The smallest absolute Gasteiger partial charge is 0.116 e. The van der Waals surface area contributed by atoms with E-state index in [-0.39, 0.29) is 0 Å². The molecule has 0 bridgehead atoms. The number of hydrogen-bond acceptors (Lipinski definition) is 2. The Bertz CT molecular complexity index is 421. The number of benzene rings is 1. The van der Waals surface area contributed by atoms with E-state index in [0.717, 1.165) is 11.3 Å². The minimum absolute atomic E-state index is 0.431. The molecule has 0 radical (unpaired) electrons. The van der Waals surface area contributed by atoms with Crippen LogP contribution >= 0.6 is 0 Å². The maximum Gasteiger partial charge on any atom is 0.116 e. The molecule has 1 aliphatic carbocycles. The van der Waals surface area contributed by atoms with E-state index in [9.17, 15) is 5.11 Å². The van der Waals surface area contributed by atoms with Gasteiger partial charge in [-0.2, -0.15) is 0 Å². The molecule has 1 aromatic carbocycles. The highest BCUT2D eigenvalue weighted by Crippen LogP contribution is 2.26. The van der Waals surface area contributed by atoms with Gasteiger partial charge in [0.2, 0.25) is 0 Å². The van der Waals surface area contributed by atoms with Gasteiger partial charge in [-0.25, -0.2) is 0 Å². The van der Waals surface area contributed by atoms with Gasteiger partial charge in [-0.3, -0.25) is 0 Å². The van der Waals surface area contributed by atoms with Crippen LogP contribution in [-0.2, 0) is 12.8 Å². The first-order valence-electron chi connectivity index (χ1n) is 5.98. The number of rotatable bonds is 3. The zero-order valence-electron chi connectivity index (χ0n) is 10.0. The van der Waals surface area contributed by atoms with Gasteiger partial charge in [0.15, 0.2) is 0 Å². The summed E-state index contributed by atoms with van der Waals surface area (Å²) in [6.45, 7) is 1.96. The third-order valence-electron chi connectivity index (χ3n) is 3.26. The van der Waals surface area contributed by atoms with Crippen molar-refractivity contribution in [3.63, 3.8) is 0 Å². The Labute approximate surface area is 97.0 Å². The van der Waals surface area contributed by atoms with Crippen molar-refractivity contribution in [2.45, 2.75) is 32.6 Å². The number of allylic oxidation sites excluding steroid dienone is 1. The molecule has 0 fully saturated rings. The summed E-state index contributed by atoms with van der Waals surface area (Å²) >= 11 is 0. The minimum Gasteiger partial charge on any atom is -0.510 e. The van der Waals surface area contributed by atoms with E-state index in [2.05, 4.69) is 23.5 Å². The van der Waals surface area contributed by atoms with E-state index in [1.165, 1.54) is 30.4 Å². The molecule has 2 nitrogen and oxygen atoms in total. The molecule has 86 valence electrons. The fourth-order valence-electron chi connectivity index (χ4n) is 2.36. The SMILES string of the molecule is CC/C(O)=C(\NC)c1ccc2c(c1)CCC2. The highest BCUT2D eigenvalue weighted by molar-refractivity contribution is 5.66. The molecule has 0 saturated carbocycles. The quantitative estimate of drug-likeness (QED) is 0.763. The van der Waals surface area contributed by atoms with Crippen LogP contribution in [0.1, 0.15) is 36.5 Å². The zero-order chi connectivity index (χ0) is 11.5. The standard InChI is InChI=1S/C14H19NO/c1-3-13(16)14(15-2)12-8-7-10-5-4-6-11(10)9-12/h7-9,15-16H,3-6H2,1-2H3/b14-13+. The van der Waals surface area contributed by atoms with Crippen LogP contribution in [0.15, 0.2) is 24.0 Å². The molecule has 16 heavy (non-hydrogen) atoms. The Hall–Kier alpha value is -1.44. The first-order valence-corrected chi connectivity index (χ1v) is 5.98. The average Bonchev–Trinajstić information content (AvgIpc) is 2.77. The molecule has 0 spiro atoms. The fourth-order valence-corrected chi connectivity index (χ4v) is 2.36. The lowest BCUT2D eigenvalue weighted by Crippen LogP contribution is -2.08. The third kappa shape index (κ3) is 1.92. The van der Waals surface area contributed by atoms with Crippen molar-refractivity contribution in [3.05, 3.63) is 40.6 Å². The maximum absolute atomic E-state index is 9.84. The van der Waals surface area contributed by atoms with Crippen LogP contribution in [-0.4, -0.2) is 12.2 Å². The van der Waals surface area contributed by atoms with Gasteiger partial charge < -0.3 is 10.4 Å². The Balaban J connectivity index is 2.40. The van der Waals surface area contributed by atoms with Gasteiger partial charge in [-0.1, -0.05) is 19.1 Å². The van der Waals surface area contributed by atoms with E-state index in [0.29, 0.717) is 12.2 Å². The molecule has 0 saturated heterocycles. The first kappa shape index (κ1) is 11.1. The summed E-state index contributed by atoms with van der Waals surface area (Å²) in [6, 6.07) is 6.50. The molecule has 0 aromatic heterocycles. The largest absolute Gasteiger partial charge is 0.510 e. The molecular weight excluding hydrogens is 198 g/mol. The van der Waals surface area contributed by atoms with Gasteiger partial charge >= 0.3 is 0 Å². The van der Waals surface area contributed by atoms with Gasteiger partial charge in [0.25, 0.3) is 0 Å². The number of aryl methyl sites for hydroxylation is 2. The average molecular weight is 217 g/mol. The van der Waals surface area contributed by atoms with Crippen LogP contribution in [0, 0.1) is 0 Å². The zero-order valence-corrected chi connectivity index (χ0v) is 10.0. The highest BCUT2D eigenvalue weighted by Gasteiger charge is 2.13. The van der Waals surface area contributed by atoms with Crippen molar-refractivity contribution < 1.29 is 5.11 Å². The van der Waals surface area contributed by atoms with E-state index >= 15 is 0 Å². The fraction of sp³-hybridized carbons (Fsp3) is 0.429. The predicted molar refractivity (Wildman–Crippen MR) is 67.4 cm³/mol. The monoisotopic (exact) mass is 217 g/mol. The summed E-state index contributed by atoms with van der Waals surface area (Å²) in [7, 11) is 1.86. The molecule has 0 atom stereocenters. The van der Waals surface area contributed by atoms with Gasteiger partial charge in [0, 0.05) is 19.0 Å². The van der Waals surface area contributed by atoms with Crippen LogP contribution in [0.25, 0.3) is 5.70 Å². The number of hydrogen-bond donors (Lipinski definition) is 2. The first-order chi connectivity index (χ1) is 7.76. The number of fused-ring (bicyclic) bond motifs is 1. The van der Waals surface area contributed by atoms with Gasteiger partial charge in [-0.05, 0) is 36.5 Å². The predicted octanol–water partition coefficient (Wildman–Crippen LogP) is 3.03. The lowest BCUT2D eigenvalue weighted by molar-refractivity contribution is 0.395. The van der Waals surface area contributed by atoms with Crippen molar-refractivity contribution in [2.75, 3.05) is 7.05 Å². The second-order valence-electron chi connectivity index (χ2n) is 4.26. The van der Waals surface area contributed by atoms with Crippen molar-refractivity contribution >= 4 is 5.70 Å². The summed E-state index contributed by atoms with van der Waals surface area (Å²) in [4.78, 5) is 0. The lowest BCUT2D eigenvalue weighted by Gasteiger charge is -2.11. The summed E-state index contributed by atoms with van der Waals surface area (Å²) < 4.78 is 0. The summed E-state index contributed by atoms with van der Waals surface area (Å²) in [5, 5.41) is 12.9. The molecule has 2 heteroatoms. The molecule has 0 heterocycles. The second-order valence-corrected chi connectivity index (χ2v) is 4.26. The Morgan fingerprint density at radius 1 is 1.31 bits per heavy atom. The van der Waals surface area contributed by atoms with Gasteiger partial charge in [0.05, 0.1) is 5.70 Å². The molecule has 0 amide bonds. The maximum atomic E-state index is 9.84. The molecule has 0 unspecified atom stereocenters. The third-order valence-corrected chi connectivity index (χ3v) is 3.26. The summed E-state index contributed by atoms with van der Waals surface area (Å²) in [5.74, 6) is 0.431. The highest BCUT2D eigenvalue weighted by atomic mass is 16.3. The number of nitrogens with one attached hydrogen (secondary N) is 1. The lowest BCUT2D eigenvalue weighted by atomic mass is 10.0. The van der Waals surface area contributed by atoms with Crippen LogP contribution in [0.5, 0.6) is 0 Å². The van der Waals surface area contributed by atoms with Crippen LogP contribution in [0.4, 0.5) is 0 Å². The van der Waals surface area contributed by atoms with Crippen LogP contribution in [0.3, 0.4) is 0 Å². The Morgan fingerprint density at radius 3 is 2.75 bits per heavy atom. The second kappa shape index (κ2) is 4.60. The van der Waals surface area contributed by atoms with Crippen molar-refractivity contribution in [1.82, 2.24) is 5.32 Å². The van der Waals surface area contributed by atoms with Gasteiger partial charge in [0.1, 0.15) is 5.76 Å². The molecular formula is C14H19NO. The van der Waals surface area contributed by atoms with Crippen LogP contribution in [0.2, 0.25) is 0 Å². The molecule has 2 N–H and O–H groups in total. The Morgan fingerprint density at radius 2 is 2.06 bits per heavy atom.